The quantitative estimate of drug-likeness (QED) is 0.698. The predicted molar refractivity (Wildman–Crippen MR) is 109 cm³/mol. The highest BCUT2D eigenvalue weighted by Gasteiger charge is 2.40. The summed E-state index contributed by atoms with van der Waals surface area (Å²) in [5.74, 6) is 0.402. The molecule has 2 amide bonds. The van der Waals surface area contributed by atoms with Gasteiger partial charge in [-0.25, -0.2) is 4.79 Å². The predicted octanol–water partition coefficient (Wildman–Crippen LogP) is 4.70. The van der Waals surface area contributed by atoms with Crippen molar-refractivity contribution in [3.05, 3.63) is 0 Å². The molecule has 2 aliphatic rings. The van der Waals surface area contributed by atoms with Gasteiger partial charge in [0.25, 0.3) is 0 Å². The Balaban J connectivity index is 1.82. The molecule has 0 aromatic carbocycles. The van der Waals surface area contributed by atoms with Gasteiger partial charge < -0.3 is 14.5 Å². The molecular formula is C22H40N2O3. The summed E-state index contributed by atoms with van der Waals surface area (Å²) in [6.07, 6.45) is 4.89. The summed E-state index contributed by atoms with van der Waals surface area (Å²) in [7, 11) is 0. The second-order valence-corrected chi connectivity index (χ2v) is 11.0. The standard InChI is InChI=1S/C22H40N2O3/c1-17(16-20(2,3)4)18(25)23-12-8-22(9-13-23)10-14-24(15-11-22)19(26)27-21(5,6)7/h17H,8-16H2,1-7H3. The molecule has 0 radical (unpaired) electrons. The van der Waals surface area contributed by atoms with E-state index in [1.54, 1.807) is 0 Å². The molecule has 156 valence electrons. The lowest BCUT2D eigenvalue weighted by Gasteiger charge is -2.47. The van der Waals surface area contributed by atoms with Crippen molar-refractivity contribution in [3.63, 3.8) is 0 Å². The third kappa shape index (κ3) is 6.39. The Morgan fingerprint density at radius 1 is 0.889 bits per heavy atom. The first kappa shape index (κ1) is 22.0. The number of rotatable bonds is 2. The van der Waals surface area contributed by atoms with E-state index >= 15 is 0 Å². The first-order chi connectivity index (χ1) is 12.3. The molecule has 0 saturated carbocycles. The van der Waals surface area contributed by atoms with Gasteiger partial charge in [-0.3, -0.25) is 4.79 Å². The number of piperidine rings is 2. The van der Waals surface area contributed by atoms with Crippen LogP contribution in [0.3, 0.4) is 0 Å². The summed E-state index contributed by atoms with van der Waals surface area (Å²) in [4.78, 5) is 29.0. The van der Waals surface area contributed by atoms with Crippen LogP contribution in [0.5, 0.6) is 0 Å². The van der Waals surface area contributed by atoms with Crippen molar-refractivity contribution in [2.24, 2.45) is 16.7 Å². The molecule has 1 spiro atoms. The van der Waals surface area contributed by atoms with Crippen molar-refractivity contribution in [2.75, 3.05) is 26.2 Å². The molecule has 27 heavy (non-hydrogen) atoms. The largest absolute Gasteiger partial charge is 0.444 e. The topological polar surface area (TPSA) is 49.9 Å². The number of hydrogen-bond donors (Lipinski definition) is 0. The number of nitrogens with zero attached hydrogens (tertiary/aromatic N) is 2. The van der Waals surface area contributed by atoms with Crippen LogP contribution in [-0.4, -0.2) is 53.6 Å². The Kier molecular flexibility index (Phi) is 6.53. The minimum atomic E-state index is -0.443. The average molecular weight is 381 g/mol. The van der Waals surface area contributed by atoms with Crippen LogP contribution in [0, 0.1) is 16.7 Å². The van der Waals surface area contributed by atoms with Crippen LogP contribution >= 0.6 is 0 Å². The molecule has 5 heteroatoms. The van der Waals surface area contributed by atoms with Gasteiger partial charge in [0.1, 0.15) is 5.60 Å². The Labute approximate surface area is 165 Å². The molecule has 2 aliphatic heterocycles. The maximum atomic E-state index is 12.8. The van der Waals surface area contributed by atoms with Crippen molar-refractivity contribution < 1.29 is 14.3 Å². The molecule has 0 aromatic heterocycles. The van der Waals surface area contributed by atoms with Gasteiger partial charge in [-0.15, -0.1) is 0 Å². The fourth-order valence-corrected chi connectivity index (χ4v) is 4.51. The van der Waals surface area contributed by atoms with Crippen LogP contribution in [-0.2, 0) is 9.53 Å². The van der Waals surface area contributed by atoms with Gasteiger partial charge in [0.05, 0.1) is 0 Å². The average Bonchev–Trinajstić information content (AvgIpc) is 2.52. The highest BCUT2D eigenvalue weighted by atomic mass is 16.6. The first-order valence-electron chi connectivity index (χ1n) is 10.6. The van der Waals surface area contributed by atoms with E-state index in [9.17, 15) is 9.59 Å². The van der Waals surface area contributed by atoms with Gasteiger partial charge in [0, 0.05) is 32.1 Å². The Hall–Kier alpha value is -1.26. The van der Waals surface area contributed by atoms with E-state index in [1.807, 2.05) is 25.7 Å². The van der Waals surface area contributed by atoms with Crippen molar-refractivity contribution in [2.45, 2.75) is 86.2 Å². The van der Waals surface area contributed by atoms with Crippen LogP contribution in [0.2, 0.25) is 0 Å². The zero-order chi connectivity index (χ0) is 20.5. The summed E-state index contributed by atoms with van der Waals surface area (Å²) >= 11 is 0. The smallest absolute Gasteiger partial charge is 0.410 e. The molecule has 0 aliphatic carbocycles. The molecule has 2 rings (SSSR count). The zero-order valence-corrected chi connectivity index (χ0v) is 18.6. The third-order valence-electron chi connectivity index (χ3n) is 5.95. The van der Waals surface area contributed by atoms with Gasteiger partial charge in [-0.2, -0.15) is 0 Å². The van der Waals surface area contributed by atoms with E-state index in [1.165, 1.54) is 0 Å². The van der Waals surface area contributed by atoms with Gasteiger partial charge in [-0.05, 0) is 63.7 Å². The fraction of sp³-hybridized carbons (Fsp3) is 0.909. The molecule has 0 bridgehead atoms. The van der Waals surface area contributed by atoms with E-state index in [-0.39, 0.29) is 17.4 Å². The minimum Gasteiger partial charge on any atom is -0.444 e. The fourth-order valence-electron chi connectivity index (χ4n) is 4.51. The van der Waals surface area contributed by atoms with Gasteiger partial charge in [0.15, 0.2) is 0 Å². The van der Waals surface area contributed by atoms with Gasteiger partial charge in [0.2, 0.25) is 5.91 Å². The molecule has 1 atom stereocenters. The van der Waals surface area contributed by atoms with E-state index < -0.39 is 5.60 Å². The van der Waals surface area contributed by atoms with E-state index in [0.717, 1.165) is 58.3 Å². The number of amides is 2. The molecule has 2 fully saturated rings. The summed E-state index contributed by atoms with van der Waals surface area (Å²) in [5.41, 5.74) is 0.0325. The maximum absolute atomic E-state index is 12.8. The van der Waals surface area contributed by atoms with Gasteiger partial charge >= 0.3 is 6.09 Å². The number of ether oxygens (including phenoxy) is 1. The number of hydrogen-bond acceptors (Lipinski definition) is 3. The highest BCUT2D eigenvalue weighted by Crippen LogP contribution is 2.42. The second-order valence-electron chi connectivity index (χ2n) is 11.0. The molecular weight excluding hydrogens is 340 g/mol. The van der Waals surface area contributed by atoms with Crippen LogP contribution in [0.4, 0.5) is 4.79 Å². The zero-order valence-electron chi connectivity index (χ0n) is 18.6. The molecule has 2 heterocycles. The number of carbonyl (C=O) groups excluding carboxylic acids is 2. The third-order valence-corrected chi connectivity index (χ3v) is 5.95. The molecule has 2 saturated heterocycles. The van der Waals surface area contributed by atoms with Crippen LogP contribution in [0.15, 0.2) is 0 Å². The van der Waals surface area contributed by atoms with Crippen molar-refractivity contribution >= 4 is 12.0 Å². The molecule has 0 N–H and O–H groups in total. The molecule has 1 unspecified atom stereocenters. The minimum absolute atomic E-state index is 0.0908. The number of likely N-dealkylation sites (tertiary alicyclic amines) is 2. The van der Waals surface area contributed by atoms with Crippen LogP contribution in [0.1, 0.15) is 80.6 Å². The van der Waals surface area contributed by atoms with E-state index in [0.29, 0.717) is 11.3 Å². The Morgan fingerprint density at radius 3 is 1.74 bits per heavy atom. The Morgan fingerprint density at radius 2 is 1.33 bits per heavy atom. The summed E-state index contributed by atoms with van der Waals surface area (Å²) in [5, 5.41) is 0. The van der Waals surface area contributed by atoms with Gasteiger partial charge in [-0.1, -0.05) is 27.7 Å². The SMILES string of the molecule is CC(CC(C)(C)C)C(=O)N1CCC2(CCN(C(=O)OC(C)(C)C)CC2)CC1. The van der Waals surface area contributed by atoms with Crippen molar-refractivity contribution in [1.82, 2.24) is 9.80 Å². The van der Waals surface area contributed by atoms with Crippen LogP contribution in [0.25, 0.3) is 0 Å². The van der Waals surface area contributed by atoms with E-state index in [2.05, 4.69) is 32.6 Å². The lowest BCUT2D eigenvalue weighted by atomic mass is 9.71. The molecule has 0 aromatic rings. The number of carbonyl (C=O) groups is 2. The van der Waals surface area contributed by atoms with Crippen molar-refractivity contribution in [1.29, 1.82) is 0 Å². The highest BCUT2D eigenvalue weighted by molar-refractivity contribution is 5.78. The monoisotopic (exact) mass is 380 g/mol. The van der Waals surface area contributed by atoms with Crippen LogP contribution < -0.4 is 0 Å². The summed E-state index contributed by atoms with van der Waals surface area (Å²) in [6.45, 7) is 17.6. The van der Waals surface area contributed by atoms with E-state index in [4.69, 9.17) is 4.74 Å². The molecule has 5 nitrogen and oxygen atoms in total. The Bertz CT molecular complexity index is 527. The maximum Gasteiger partial charge on any atom is 0.410 e. The van der Waals surface area contributed by atoms with Crippen molar-refractivity contribution in [3.8, 4) is 0 Å². The normalized spacial score (nSPS) is 21.9. The lowest BCUT2D eigenvalue weighted by Crippen LogP contribution is -2.50. The lowest BCUT2D eigenvalue weighted by molar-refractivity contribution is -0.138. The summed E-state index contributed by atoms with van der Waals surface area (Å²) in [6, 6.07) is 0. The second kappa shape index (κ2) is 8.00. The summed E-state index contributed by atoms with van der Waals surface area (Å²) < 4.78 is 5.50. The first-order valence-corrected chi connectivity index (χ1v) is 10.6.